The summed E-state index contributed by atoms with van der Waals surface area (Å²) in [5.41, 5.74) is 0. The van der Waals surface area contributed by atoms with Crippen LogP contribution < -0.4 is 10.5 Å². The van der Waals surface area contributed by atoms with Gasteiger partial charge in [-0.1, -0.05) is 0 Å². The van der Waals surface area contributed by atoms with Gasteiger partial charge in [0.15, 0.2) is 0 Å². The van der Waals surface area contributed by atoms with E-state index in [1.807, 2.05) is 0 Å². The molecule has 9 heteroatoms. The molecule has 0 bridgehead atoms. The second-order valence-corrected chi connectivity index (χ2v) is 6.62. The van der Waals surface area contributed by atoms with Gasteiger partial charge in [0.2, 0.25) is 15.9 Å². The van der Waals surface area contributed by atoms with Crippen molar-refractivity contribution in [3.05, 3.63) is 0 Å². The monoisotopic (exact) mass is 290 g/mol. The van der Waals surface area contributed by atoms with Crippen LogP contribution in [0.25, 0.3) is 0 Å². The summed E-state index contributed by atoms with van der Waals surface area (Å²) in [4.78, 5) is 26.3. The number of hydrogen-bond acceptors (Lipinski definition) is 4. The number of rotatable bonds is 5. The molecule has 0 aromatic rings. The molecule has 8 nitrogen and oxygen atoms in total. The number of nitrogens with zero attached hydrogens (tertiary/aromatic N) is 2. The van der Waals surface area contributed by atoms with Crippen molar-refractivity contribution in [2.45, 2.75) is 6.42 Å². The maximum absolute atomic E-state index is 11.7. The molecule has 2 saturated heterocycles. The first-order chi connectivity index (χ1) is 8.85. The number of nitrogens with one attached hydrogen (secondary N) is 1. The zero-order valence-corrected chi connectivity index (χ0v) is 11.4. The van der Waals surface area contributed by atoms with Gasteiger partial charge in [0.05, 0.1) is 5.75 Å². The van der Waals surface area contributed by atoms with Gasteiger partial charge in [0.1, 0.15) is 0 Å². The SMILES string of the molecule is NS(=O)(=O)CC1CC(=O)N(CCN2CCNC2=O)C1. The summed E-state index contributed by atoms with van der Waals surface area (Å²) in [7, 11) is -3.55. The van der Waals surface area contributed by atoms with E-state index in [0.29, 0.717) is 32.7 Å². The molecule has 0 aliphatic carbocycles. The van der Waals surface area contributed by atoms with Crippen molar-refractivity contribution in [3.8, 4) is 0 Å². The van der Waals surface area contributed by atoms with Gasteiger partial charge in [-0.05, 0) is 0 Å². The van der Waals surface area contributed by atoms with Crippen molar-refractivity contribution in [1.82, 2.24) is 15.1 Å². The van der Waals surface area contributed by atoms with Gasteiger partial charge < -0.3 is 15.1 Å². The molecule has 3 N–H and O–H groups in total. The molecule has 0 spiro atoms. The highest BCUT2D eigenvalue weighted by atomic mass is 32.2. The van der Waals surface area contributed by atoms with E-state index in [9.17, 15) is 18.0 Å². The Labute approximate surface area is 112 Å². The molecule has 2 fully saturated rings. The van der Waals surface area contributed by atoms with Crippen LogP contribution in [0.5, 0.6) is 0 Å². The number of urea groups is 1. The predicted molar refractivity (Wildman–Crippen MR) is 67.6 cm³/mol. The maximum atomic E-state index is 11.7. The van der Waals surface area contributed by atoms with Gasteiger partial charge in [0, 0.05) is 45.1 Å². The lowest BCUT2D eigenvalue weighted by atomic mass is 10.1. The Kier molecular flexibility index (Phi) is 3.95. The lowest BCUT2D eigenvalue weighted by molar-refractivity contribution is -0.127. The lowest BCUT2D eigenvalue weighted by Gasteiger charge is -2.20. The van der Waals surface area contributed by atoms with Crippen molar-refractivity contribution < 1.29 is 18.0 Å². The van der Waals surface area contributed by atoms with E-state index in [4.69, 9.17) is 5.14 Å². The molecule has 0 aromatic heterocycles. The molecule has 0 radical (unpaired) electrons. The van der Waals surface area contributed by atoms with E-state index < -0.39 is 10.0 Å². The molecule has 1 unspecified atom stereocenters. The van der Waals surface area contributed by atoms with E-state index in [1.165, 1.54) is 0 Å². The number of nitrogens with two attached hydrogens (primary N) is 1. The number of likely N-dealkylation sites (tertiary alicyclic amines) is 1. The number of hydrogen-bond donors (Lipinski definition) is 2. The van der Waals surface area contributed by atoms with Crippen LogP contribution in [-0.2, 0) is 14.8 Å². The van der Waals surface area contributed by atoms with Gasteiger partial charge >= 0.3 is 6.03 Å². The van der Waals surface area contributed by atoms with E-state index in [2.05, 4.69) is 5.32 Å². The number of amides is 3. The Bertz CT molecular complexity index is 478. The summed E-state index contributed by atoms with van der Waals surface area (Å²) < 4.78 is 22.0. The topological polar surface area (TPSA) is 113 Å². The molecular weight excluding hydrogens is 272 g/mol. The Morgan fingerprint density at radius 2 is 1.95 bits per heavy atom. The van der Waals surface area contributed by atoms with Crippen molar-refractivity contribution in [2.75, 3.05) is 38.5 Å². The van der Waals surface area contributed by atoms with E-state index >= 15 is 0 Å². The summed E-state index contributed by atoms with van der Waals surface area (Å²) in [5, 5.41) is 7.66. The summed E-state index contributed by atoms with van der Waals surface area (Å²) >= 11 is 0. The standard InChI is InChI=1S/C10H18N4O4S/c11-19(17,18)7-8-5-9(15)14(6-8)4-3-13-2-1-12-10(13)16/h8H,1-7H2,(H,12,16)(H2,11,17,18). The van der Waals surface area contributed by atoms with Crippen molar-refractivity contribution in [2.24, 2.45) is 11.1 Å². The Hall–Kier alpha value is -1.35. The zero-order chi connectivity index (χ0) is 14.0. The molecule has 19 heavy (non-hydrogen) atoms. The molecular formula is C10H18N4O4S. The van der Waals surface area contributed by atoms with Crippen LogP contribution >= 0.6 is 0 Å². The van der Waals surface area contributed by atoms with Gasteiger partial charge in [-0.2, -0.15) is 0 Å². The minimum absolute atomic E-state index is 0.0757. The fraction of sp³-hybridized carbons (Fsp3) is 0.800. The summed E-state index contributed by atoms with van der Waals surface area (Å²) in [6.07, 6.45) is 0.211. The van der Waals surface area contributed by atoms with Crippen LogP contribution in [0.1, 0.15) is 6.42 Å². The van der Waals surface area contributed by atoms with Gasteiger partial charge in [-0.3, -0.25) is 4.79 Å². The second-order valence-electron chi connectivity index (χ2n) is 4.96. The average Bonchev–Trinajstić information content (AvgIpc) is 2.80. The Morgan fingerprint density at radius 3 is 2.53 bits per heavy atom. The highest BCUT2D eigenvalue weighted by Gasteiger charge is 2.32. The van der Waals surface area contributed by atoms with Crippen LogP contribution in [0.2, 0.25) is 0 Å². The highest BCUT2D eigenvalue weighted by molar-refractivity contribution is 7.89. The van der Waals surface area contributed by atoms with Crippen molar-refractivity contribution in [3.63, 3.8) is 0 Å². The average molecular weight is 290 g/mol. The predicted octanol–water partition coefficient (Wildman–Crippen LogP) is -1.85. The first-order valence-corrected chi connectivity index (χ1v) is 7.88. The summed E-state index contributed by atoms with van der Waals surface area (Å²) in [6, 6.07) is -0.118. The first kappa shape index (κ1) is 14.1. The quantitative estimate of drug-likeness (QED) is 0.618. The highest BCUT2D eigenvalue weighted by Crippen LogP contribution is 2.18. The van der Waals surface area contributed by atoms with E-state index in [-0.39, 0.29) is 30.0 Å². The normalized spacial score (nSPS) is 24.2. The zero-order valence-electron chi connectivity index (χ0n) is 10.5. The number of carbonyl (C=O) groups excluding carboxylic acids is 2. The van der Waals surface area contributed by atoms with Crippen LogP contribution in [0, 0.1) is 5.92 Å². The first-order valence-electron chi connectivity index (χ1n) is 6.16. The smallest absolute Gasteiger partial charge is 0.317 e. The van der Waals surface area contributed by atoms with E-state index in [1.54, 1.807) is 9.80 Å². The molecule has 2 aliphatic heterocycles. The lowest BCUT2D eigenvalue weighted by Crippen LogP contribution is -2.38. The van der Waals surface area contributed by atoms with Crippen molar-refractivity contribution >= 4 is 22.0 Å². The third-order valence-electron chi connectivity index (χ3n) is 3.35. The Morgan fingerprint density at radius 1 is 1.26 bits per heavy atom. The summed E-state index contributed by atoms with van der Waals surface area (Å²) in [5.74, 6) is -0.484. The molecule has 108 valence electrons. The number of primary sulfonamides is 1. The van der Waals surface area contributed by atoms with Crippen molar-refractivity contribution in [1.29, 1.82) is 0 Å². The molecule has 3 amide bonds. The fourth-order valence-corrected chi connectivity index (χ4v) is 3.36. The fourth-order valence-electron chi connectivity index (χ4n) is 2.48. The third-order valence-corrected chi connectivity index (χ3v) is 4.28. The molecule has 2 rings (SSSR count). The van der Waals surface area contributed by atoms with Gasteiger partial charge in [-0.15, -0.1) is 0 Å². The molecule has 1 atom stereocenters. The number of carbonyl (C=O) groups is 2. The summed E-state index contributed by atoms with van der Waals surface area (Å²) in [6.45, 7) is 2.57. The van der Waals surface area contributed by atoms with E-state index in [0.717, 1.165) is 0 Å². The van der Waals surface area contributed by atoms with Gasteiger partial charge in [-0.25, -0.2) is 18.4 Å². The maximum Gasteiger partial charge on any atom is 0.317 e. The molecule has 2 aliphatic rings. The largest absolute Gasteiger partial charge is 0.341 e. The minimum Gasteiger partial charge on any atom is -0.341 e. The van der Waals surface area contributed by atoms with Crippen LogP contribution in [0.4, 0.5) is 4.79 Å². The molecule has 2 heterocycles. The second kappa shape index (κ2) is 5.33. The van der Waals surface area contributed by atoms with Gasteiger partial charge in [0.25, 0.3) is 0 Å². The van der Waals surface area contributed by atoms with Crippen LogP contribution in [0.3, 0.4) is 0 Å². The van der Waals surface area contributed by atoms with Crippen LogP contribution in [0.15, 0.2) is 0 Å². The Balaban J connectivity index is 1.81. The molecule has 0 aromatic carbocycles. The number of sulfonamides is 1. The van der Waals surface area contributed by atoms with Crippen LogP contribution in [-0.4, -0.2) is 68.6 Å². The minimum atomic E-state index is -3.55. The molecule has 0 saturated carbocycles. The third kappa shape index (κ3) is 3.80.